The molecule has 1 N–H and O–H groups in total. The summed E-state index contributed by atoms with van der Waals surface area (Å²) in [4.78, 5) is 32.4. The van der Waals surface area contributed by atoms with Crippen LogP contribution in [0.2, 0.25) is 0 Å². The highest BCUT2D eigenvalue weighted by Gasteiger charge is 2.14. The summed E-state index contributed by atoms with van der Waals surface area (Å²) >= 11 is 0. The number of nitro benzene ring substituents is 1. The molecule has 106 valence electrons. The molecule has 0 atom stereocenters. The number of hydrogen-bond acceptors (Lipinski definition) is 5. The normalized spacial score (nSPS) is 10.3. The number of esters is 1. The van der Waals surface area contributed by atoms with Gasteiger partial charge in [0.1, 0.15) is 5.69 Å². The molecule has 1 amide bonds. The van der Waals surface area contributed by atoms with E-state index in [9.17, 15) is 19.7 Å². The van der Waals surface area contributed by atoms with E-state index in [-0.39, 0.29) is 18.0 Å². The van der Waals surface area contributed by atoms with Crippen LogP contribution in [0.5, 0.6) is 0 Å². The van der Waals surface area contributed by atoms with Crippen LogP contribution in [-0.4, -0.2) is 23.4 Å². The van der Waals surface area contributed by atoms with Crippen molar-refractivity contribution < 1.29 is 19.2 Å². The minimum absolute atomic E-state index is 0.107. The van der Waals surface area contributed by atoms with Gasteiger partial charge in [0.05, 0.1) is 11.5 Å². The van der Waals surface area contributed by atoms with E-state index in [1.165, 1.54) is 31.2 Å². The lowest BCUT2D eigenvalue weighted by Crippen LogP contribution is -2.08. The van der Waals surface area contributed by atoms with E-state index in [0.717, 1.165) is 0 Å². The lowest BCUT2D eigenvalue weighted by molar-refractivity contribution is -0.383. The van der Waals surface area contributed by atoms with Crippen molar-refractivity contribution in [1.29, 1.82) is 0 Å². The van der Waals surface area contributed by atoms with Gasteiger partial charge in [0, 0.05) is 19.1 Å². The average molecular weight is 278 g/mol. The van der Waals surface area contributed by atoms with Crippen LogP contribution in [0.15, 0.2) is 24.3 Å². The molecule has 20 heavy (non-hydrogen) atoms. The number of anilines is 1. The molecule has 0 aliphatic rings. The van der Waals surface area contributed by atoms with E-state index in [4.69, 9.17) is 4.74 Å². The Labute approximate surface area is 115 Å². The lowest BCUT2D eigenvalue weighted by atomic mass is 10.1. The smallest absolute Gasteiger partial charge is 0.330 e. The van der Waals surface area contributed by atoms with Gasteiger partial charge in [-0.15, -0.1) is 0 Å². The number of amides is 1. The second-order valence-corrected chi connectivity index (χ2v) is 3.80. The number of ether oxygens (including phenoxy) is 1. The zero-order valence-electron chi connectivity index (χ0n) is 11.1. The number of rotatable bonds is 5. The molecule has 7 heteroatoms. The standard InChI is InChI=1S/C13H14N2O5/c1-3-20-13(17)7-5-10-4-6-11(14-9(2)16)12(8-10)15(18)19/h4-8H,3H2,1-2H3,(H,14,16). The number of nitrogens with one attached hydrogen (secondary N) is 1. The van der Waals surface area contributed by atoms with Crippen molar-refractivity contribution in [2.75, 3.05) is 11.9 Å². The van der Waals surface area contributed by atoms with Crippen LogP contribution in [0.4, 0.5) is 11.4 Å². The zero-order chi connectivity index (χ0) is 15.1. The summed E-state index contributed by atoms with van der Waals surface area (Å²) in [6.07, 6.45) is 2.59. The average Bonchev–Trinajstić information content (AvgIpc) is 2.37. The van der Waals surface area contributed by atoms with Crippen LogP contribution < -0.4 is 5.32 Å². The number of benzene rings is 1. The highest BCUT2D eigenvalue weighted by Crippen LogP contribution is 2.26. The summed E-state index contributed by atoms with van der Waals surface area (Å²) in [5.41, 5.74) is 0.320. The van der Waals surface area contributed by atoms with E-state index in [1.807, 2.05) is 0 Å². The Kier molecular flexibility index (Phi) is 5.40. The van der Waals surface area contributed by atoms with Crippen LogP contribution in [0.1, 0.15) is 19.4 Å². The van der Waals surface area contributed by atoms with Crippen molar-refractivity contribution in [3.05, 3.63) is 40.0 Å². The lowest BCUT2D eigenvalue weighted by Gasteiger charge is -2.04. The molecule has 0 radical (unpaired) electrons. The minimum Gasteiger partial charge on any atom is -0.463 e. The van der Waals surface area contributed by atoms with Crippen LogP contribution >= 0.6 is 0 Å². The van der Waals surface area contributed by atoms with Gasteiger partial charge in [-0.25, -0.2) is 4.79 Å². The quantitative estimate of drug-likeness (QED) is 0.385. The minimum atomic E-state index is -0.604. The van der Waals surface area contributed by atoms with Gasteiger partial charge in [-0.2, -0.15) is 0 Å². The van der Waals surface area contributed by atoms with Crippen LogP contribution in [-0.2, 0) is 14.3 Å². The van der Waals surface area contributed by atoms with E-state index in [0.29, 0.717) is 5.56 Å². The summed E-state index contributed by atoms with van der Waals surface area (Å²) in [6, 6.07) is 4.22. The fourth-order valence-corrected chi connectivity index (χ4v) is 1.45. The van der Waals surface area contributed by atoms with Crippen molar-refractivity contribution in [3.63, 3.8) is 0 Å². The molecule has 0 aliphatic carbocycles. The molecular formula is C13H14N2O5. The highest BCUT2D eigenvalue weighted by molar-refractivity contribution is 5.92. The number of carbonyl (C=O) groups excluding carboxylic acids is 2. The summed E-state index contributed by atoms with van der Waals surface area (Å²) in [6.45, 7) is 3.20. The summed E-state index contributed by atoms with van der Waals surface area (Å²) in [5.74, 6) is -0.927. The van der Waals surface area contributed by atoms with Gasteiger partial charge in [-0.1, -0.05) is 6.07 Å². The molecule has 0 saturated heterocycles. The molecule has 0 heterocycles. The topological polar surface area (TPSA) is 98.5 Å². The largest absolute Gasteiger partial charge is 0.463 e. The maximum Gasteiger partial charge on any atom is 0.330 e. The summed E-state index contributed by atoms with van der Waals surface area (Å²) in [7, 11) is 0. The van der Waals surface area contributed by atoms with Crippen molar-refractivity contribution >= 4 is 29.3 Å². The third-order valence-corrected chi connectivity index (χ3v) is 2.23. The van der Waals surface area contributed by atoms with E-state index < -0.39 is 16.8 Å². The Morgan fingerprint density at radius 2 is 2.15 bits per heavy atom. The Morgan fingerprint density at radius 1 is 1.45 bits per heavy atom. The Hall–Kier alpha value is -2.70. The second-order valence-electron chi connectivity index (χ2n) is 3.80. The number of nitrogens with zero attached hydrogens (tertiary/aromatic N) is 1. The van der Waals surface area contributed by atoms with Crippen LogP contribution in [0.3, 0.4) is 0 Å². The first kappa shape index (κ1) is 15.4. The molecule has 0 unspecified atom stereocenters. The third kappa shape index (κ3) is 4.52. The van der Waals surface area contributed by atoms with Gasteiger partial charge in [-0.05, 0) is 24.6 Å². The van der Waals surface area contributed by atoms with E-state index >= 15 is 0 Å². The first-order valence-corrected chi connectivity index (χ1v) is 5.85. The molecule has 0 aromatic heterocycles. The van der Waals surface area contributed by atoms with Crippen molar-refractivity contribution in [2.45, 2.75) is 13.8 Å². The molecule has 1 aromatic carbocycles. The van der Waals surface area contributed by atoms with Crippen molar-refractivity contribution in [3.8, 4) is 0 Å². The van der Waals surface area contributed by atoms with Crippen LogP contribution in [0.25, 0.3) is 6.08 Å². The predicted octanol–water partition coefficient (Wildman–Crippen LogP) is 2.13. The first-order chi connectivity index (χ1) is 9.43. The van der Waals surface area contributed by atoms with Gasteiger partial charge in [0.2, 0.25) is 5.91 Å². The van der Waals surface area contributed by atoms with Gasteiger partial charge >= 0.3 is 5.97 Å². The molecule has 0 aliphatic heterocycles. The molecule has 0 fully saturated rings. The maximum absolute atomic E-state index is 11.1. The van der Waals surface area contributed by atoms with Crippen LogP contribution in [0, 0.1) is 10.1 Å². The first-order valence-electron chi connectivity index (χ1n) is 5.85. The molecular weight excluding hydrogens is 264 g/mol. The molecule has 0 bridgehead atoms. The SMILES string of the molecule is CCOC(=O)C=Cc1ccc(NC(C)=O)c([N+](=O)[O-])c1. The van der Waals surface area contributed by atoms with Crippen molar-refractivity contribution in [2.24, 2.45) is 0 Å². The molecule has 0 spiro atoms. The predicted molar refractivity (Wildman–Crippen MR) is 73.1 cm³/mol. The Balaban J connectivity index is 3.01. The summed E-state index contributed by atoms with van der Waals surface area (Å²) < 4.78 is 4.70. The molecule has 1 rings (SSSR count). The molecule has 7 nitrogen and oxygen atoms in total. The summed E-state index contributed by atoms with van der Waals surface area (Å²) in [5, 5.41) is 13.3. The number of nitro groups is 1. The number of carbonyl (C=O) groups is 2. The van der Waals surface area contributed by atoms with Gasteiger partial charge in [0.15, 0.2) is 0 Å². The van der Waals surface area contributed by atoms with Crippen molar-refractivity contribution in [1.82, 2.24) is 0 Å². The molecule has 1 aromatic rings. The van der Waals surface area contributed by atoms with Gasteiger partial charge < -0.3 is 10.1 Å². The van der Waals surface area contributed by atoms with Gasteiger partial charge in [0.25, 0.3) is 5.69 Å². The highest BCUT2D eigenvalue weighted by atomic mass is 16.6. The third-order valence-electron chi connectivity index (χ3n) is 2.23. The van der Waals surface area contributed by atoms with E-state index in [2.05, 4.69) is 5.32 Å². The van der Waals surface area contributed by atoms with Gasteiger partial charge in [-0.3, -0.25) is 14.9 Å². The fraction of sp³-hybridized carbons (Fsp3) is 0.231. The zero-order valence-corrected chi connectivity index (χ0v) is 11.1. The number of hydrogen-bond donors (Lipinski definition) is 1. The Bertz CT molecular complexity index is 566. The van der Waals surface area contributed by atoms with E-state index in [1.54, 1.807) is 13.0 Å². The monoisotopic (exact) mass is 278 g/mol. The molecule has 0 saturated carbocycles. The maximum atomic E-state index is 11.1. The Morgan fingerprint density at radius 3 is 2.70 bits per heavy atom. The fourth-order valence-electron chi connectivity index (χ4n) is 1.45. The second kappa shape index (κ2) is 7.03.